The van der Waals surface area contributed by atoms with Crippen molar-refractivity contribution >= 4 is 43.9 Å². The predicted octanol–water partition coefficient (Wildman–Crippen LogP) is 14.4. The first-order valence-corrected chi connectivity index (χ1v) is 19.0. The van der Waals surface area contributed by atoms with Crippen molar-refractivity contribution in [1.82, 2.24) is 9.55 Å². The van der Waals surface area contributed by atoms with E-state index < -0.39 is 0 Å². The number of rotatable bonds is 6. The Labute approximate surface area is 324 Å². The standard InChI is InChI=1S/C53H34N2O/c1-3-23-49-46(21-1)47-22-2-4-24-50(47)55(49)45-20-9-19-43(33-45)41-17-7-15-39(31-41)37-13-5-11-35(29-37)36-12-6-14-38(30-36)40-16-8-18-42(32-40)44-26-27-51-48(34-44)53-52(56-51)25-10-28-54-53/h1-34H. The number of nitrogens with zero attached hydrogens (tertiary/aromatic N) is 2. The molecule has 0 unspecified atom stereocenters. The van der Waals surface area contributed by atoms with Crippen molar-refractivity contribution in [2.24, 2.45) is 0 Å². The Morgan fingerprint density at radius 1 is 0.321 bits per heavy atom. The normalized spacial score (nSPS) is 11.6. The molecule has 0 saturated carbocycles. The van der Waals surface area contributed by atoms with Gasteiger partial charge in [-0.1, -0.05) is 127 Å². The second-order valence-electron chi connectivity index (χ2n) is 14.4. The average molecular weight is 715 g/mol. The number of pyridine rings is 1. The molecule has 0 fully saturated rings. The molecule has 8 aromatic carbocycles. The summed E-state index contributed by atoms with van der Waals surface area (Å²) in [6.07, 6.45) is 1.82. The van der Waals surface area contributed by atoms with Gasteiger partial charge in [0.2, 0.25) is 0 Å². The van der Waals surface area contributed by atoms with E-state index in [1.54, 1.807) is 0 Å². The Morgan fingerprint density at radius 2 is 0.768 bits per heavy atom. The Morgan fingerprint density at radius 3 is 1.29 bits per heavy atom. The summed E-state index contributed by atoms with van der Waals surface area (Å²) < 4.78 is 8.41. The smallest absolute Gasteiger partial charge is 0.153 e. The Balaban J connectivity index is 0.907. The lowest BCUT2D eigenvalue weighted by Gasteiger charge is -2.12. The fourth-order valence-electron chi connectivity index (χ4n) is 8.32. The first-order chi connectivity index (χ1) is 27.7. The molecule has 0 aliphatic carbocycles. The molecule has 3 aromatic heterocycles. The van der Waals surface area contributed by atoms with Crippen LogP contribution in [0.15, 0.2) is 211 Å². The third-order valence-corrected chi connectivity index (χ3v) is 11.0. The molecule has 0 atom stereocenters. The zero-order valence-corrected chi connectivity index (χ0v) is 30.4. The molecule has 3 heterocycles. The summed E-state index contributed by atoms with van der Waals surface area (Å²) in [6, 6.07) is 71.9. The van der Waals surface area contributed by atoms with Gasteiger partial charge in [0.05, 0.1) is 11.0 Å². The summed E-state index contributed by atoms with van der Waals surface area (Å²) in [5.41, 5.74) is 17.9. The van der Waals surface area contributed by atoms with Gasteiger partial charge in [0.1, 0.15) is 11.1 Å². The van der Waals surface area contributed by atoms with Crippen molar-refractivity contribution in [3.05, 3.63) is 206 Å². The zero-order valence-electron chi connectivity index (χ0n) is 30.4. The molecular formula is C53H34N2O. The van der Waals surface area contributed by atoms with Gasteiger partial charge in [-0.05, 0) is 128 Å². The quantitative estimate of drug-likeness (QED) is 0.172. The van der Waals surface area contributed by atoms with Gasteiger partial charge in [0.15, 0.2) is 5.58 Å². The maximum Gasteiger partial charge on any atom is 0.153 e. The minimum atomic E-state index is 0.809. The molecule has 0 aliphatic heterocycles. The van der Waals surface area contributed by atoms with Crippen LogP contribution in [0.5, 0.6) is 0 Å². The molecule has 0 N–H and O–H groups in total. The summed E-state index contributed by atoms with van der Waals surface area (Å²) in [7, 11) is 0. The fraction of sp³-hybridized carbons (Fsp3) is 0. The topological polar surface area (TPSA) is 31.0 Å². The highest BCUT2D eigenvalue weighted by molar-refractivity contribution is 6.09. The monoisotopic (exact) mass is 714 g/mol. The van der Waals surface area contributed by atoms with Crippen LogP contribution < -0.4 is 0 Å². The van der Waals surface area contributed by atoms with E-state index in [0.29, 0.717) is 0 Å². The van der Waals surface area contributed by atoms with Gasteiger partial charge in [0.25, 0.3) is 0 Å². The molecule has 56 heavy (non-hydrogen) atoms. The summed E-state index contributed by atoms with van der Waals surface area (Å²) in [5.74, 6) is 0. The second kappa shape index (κ2) is 13.1. The van der Waals surface area contributed by atoms with Crippen LogP contribution in [0, 0.1) is 0 Å². The van der Waals surface area contributed by atoms with Crippen LogP contribution in [0.3, 0.4) is 0 Å². The molecule has 0 radical (unpaired) electrons. The van der Waals surface area contributed by atoms with Crippen molar-refractivity contribution in [2.45, 2.75) is 0 Å². The van der Waals surface area contributed by atoms with Gasteiger partial charge >= 0.3 is 0 Å². The van der Waals surface area contributed by atoms with E-state index >= 15 is 0 Å². The number of fused-ring (bicyclic) bond motifs is 6. The Bertz CT molecular complexity index is 3220. The van der Waals surface area contributed by atoms with Gasteiger partial charge in [-0.25, -0.2) is 0 Å². The van der Waals surface area contributed by atoms with Crippen LogP contribution in [-0.4, -0.2) is 9.55 Å². The van der Waals surface area contributed by atoms with Crippen molar-refractivity contribution in [2.75, 3.05) is 0 Å². The van der Waals surface area contributed by atoms with Gasteiger partial charge in [-0.2, -0.15) is 0 Å². The lowest BCUT2D eigenvalue weighted by Crippen LogP contribution is -1.94. The minimum Gasteiger partial charge on any atom is -0.454 e. The number of furan rings is 1. The third kappa shape index (κ3) is 5.49. The Hall–Kier alpha value is -7.49. The molecule has 0 aliphatic rings. The Kier molecular flexibility index (Phi) is 7.49. The molecule has 11 aromatic rings. The van der Waals surface area contributed by atoms with E-state index in [-0.39, 0.29) is 0 Å². The van der Waals surface area contributed by atoms with E-state index in [2.05, 4.69) is 192 Å². The van der Waals surface area contributed by atoms with E-state index in [1.807, 2.05) is 24.4 Å². The molecule has 11 rings (SSSR count). The molecule has 0 saturated heterocycles. The highest BCUT2D eigenvalue weighted by Gasteiger charge is 2.14. The maximum atomic E-state index is 6.03. The van der Waals surface area contributed by atoms with E-state index in [9.17, 15) is 0 Å². The van der Waals surface area contributed by atoms with Gasteiger partial charge in [-0.15, -0.1) is 0 Å². The number of hydrogen-bond donors (Lipinski definition) is 0. The van der Waals surface area contributed by atoms with Crippen molar-refractivity contribution in [3.8, 4) is 61.3 Å². The van der Waals surface area contributed by atoms with Crippen LogP contribution >= 0.6 is 0 Å². The molecule has 3 nitrogen and oxygen atoms in total. The molecule has 0 amide bonds. The predicted molar refractivity (Wildman–Crippen MR) is 233 cm³/mol. The SMILES string of the molecule is c1cc(-c2cccc(-c3cccc(-c4ccc5oc6cccnc6c5c4)c3)c2)cc(-c2cccc(-c3cccc(-n4c5ccccc5c5ccccc54)c3)c2)c1. The molecule has 262 valence electrons. The van der Waals surface area contributed by atoms with Crippen LogP contribution in [0.4, 0.5) is 0 Å². The van der Waals surface area contributed by atoms with Gasteiger partial charge < -0.3 is 8.98 Å². The average Bonchev–Trinajstić information content (AvgIpc) is 3.82. The summed E-state index contributed by atoms with van der Waals surface area (Å²) in [4.78, 5) is 4.59. The van der Waals surface area contributed by atoms with Gasteiger partial charge in [-0.3, -0.25) is 4.98 Å². The summed E-state index contributed by atoms with van der Waals surface area (Å²) in [5, 5.41) is 3.57. The largest absolute Gasteiger partial charge is 0.454 e. The van der Waals surface area contributed by atoms with E-state index in [4.69, 9.17) is 4.42 Å². The molecular weight excluding hydrogens is 681 g/mol. The van der Waals surface area contributed by atoms with Gasteiger partial charge in [0, 0.05) is 28.0 Å². The third-order valence-electron chi connectivity index (χ3n) is 11.0. The van der Waals surface area contributed by atoms with Crippen LogP contribution in [-0.2, 0) is 0 Å². The number of aromatic nitrogens is 2. The molecule has 0 bridgehead atoms. The minimum absolute atomic E-state index is 0.809. The van der Waals surface area contributed by atoms with Crippen LogP contribution in [0.1, 0.15) is 0 Å². The number of benzene rings is 8. The molecule has 3 heteroatoms. The maximum absolute atomic E-state index is 6.03. The van der Waals surface area contributed by atoms with Crippen molar-refractivity contribution in [1.29, 1.82) is 0 Å². The highest BCUT2D eigenvalue weighted by Crippen LogP contribution is 2.37. The van der Waals surface area contributed by atoms with Crippen molar-refractivity contribution < 1.29 is 4.42 Å². The van der Waals surface area contributed by atoms with Crippen molar-refractivity contribution in [3.63, 3.8) is 0 Å². The lowest BCUT2D eigenvalue weighted by atomic mass is 9.94. The number of hydrogen-bond acceptors (Lipinski definition) is 2. The summed E-state index contributed by atoms with van der Waals surface area (Å²) >= 11 is 0. The second-order valence-corrected chi connectivity index (χ2v) is 14.4. The van der Waals surface area contributed by atoms with Crippen LogP contribution in [0.25, 0.3) is 105 Å². The first-order valence-electron chi connectivity index (χ1n) is 19.0. The first kappa shape index (κ1) is 32.0. The highest BCUT2D eigenvalue weighted by atomic mass is 16.3. The van der Waals surface area contributed by atoms with E-state index in [1.165, 1.54) is 66.3 Å². The zero-order chi connectivity index (χ0) is 37.0. The number of para-hydroxylation sites is 2. The molecule has 0 spiro atoms. The summed E-state index contributed by atoms with van der Waals surface area (Å²) in [6.45, 7) is 0. The fourth-order valence-corrected chi connectivity index (χ4v) is 8.32. The lowest BCUT2D eigenvalue weighted by molar-refractivity contribution is 0.668. The van der Waals surface area contributed by atoms with E-state index in [0.717, 1.165) is 38.9 Å². The van der Waals surface area contributed by atoms with Crippen LogP contribution in [0.2, 0.25) is 0 Å².